The molecule has 140 valence electrons. The SMILES string of the molecule is CCN(CC(=O)O)C1CC(NC(=O)c2cccc(N3CCCC3=O)c2)C1. The lowest BCUT2D eigenvalue weighted by Gasteiger charge is -2.42. The van der Waals surface area contributed by atoms with Gasteiger partial charge >= 0.3 is 5.97 Å². The zero-order valence-electron chi connectivity index (χ0n) is 15.0. The molecule has 2 N–H and O–H groups in total. The first-order valence-corrected chi connectivity index (χ1v) is 9.15. The molecule has 1 heterocycles. The Morgan fingerprint density at radius 2 is 2.12 bits per heavy atom. The monoisotopic (exact) mass is 359 g/mol. The minimum atomic E-state index is -0.826. The number of carboxylic acid groups (broad SMARTS) is 1. The Bertz CT molecular complexity index is 700. The van der Waals surface area contributed by atoms with E-state index in [1.807, 2.05) is 17.9 Å². The molecule has 7 nitrogen and oxygen atoms in total. The van der Waals surface area contributed by atoms with Crippen LogP contribution >= 0.6 is 0 Å². The van der Waals surface area contributed by atoms with Gasteiger partial charge in [-0.3, -0.25) is 19.3 Å². The van der Waals surface area contributed by atoms with Gasteiger partial charge in [-0.25, -0.2) is 0 Å². The minimum Gasteiger partial charge on any atom is -0.480 e. The predicted molar refractivity (Wildman–Crippen MR) is 97.2 cm³/mol. The van der Waals surface area contributed by atoms with Crippen molar-refractivity contribution in [3.05, 3.63) is 29.8 Å². The Morgan fingerprint density at radius 3 is 2.73 bits per heavy atom. The largest absolute Gasteiger partial charge is 0.480 e. The van der Waals surface area contributed by atoms with E-state index < -0.39 is 5.97 Å². The fourth-order valence-corrected chi connectivity index (χ4v) is 3.68. The molecule has 26 heavy (non-hydrogen) atoms. The van der Waals surface area contributed by atoms with Crippen molar-refractivity contribution in [3.8, 4) is 0 Å². The van der Waals surface area contributed by atoms with Crippen molar-refractivity contribution in [2.45, 2.75) is 44.7 Å². The highest BCUT2D eigenvalue weighted by Gasteiger charge is 2.34. The molecule has 0 atom stereocenters. The van der Waals surface area contributed by atoms with Crippen LogP contribution in [0.4, 0.5) is 5.69 Å². The van der Waals surface area contributed by atoms with Crippen LogP contribution in [0.5, 0.6) is 0 Å². The standard InChI is InChI=1S/C19H25N3O4/c1-2-21(12-18(24)25)16-10-14(11-16)20-19(26)13-5-3-6-15(9-13)22-8-4-7-17(22)23/h3,5-6,9,14,16H,2,4,7-8,10-12H2,1H3,(H,20,26)(H,24,25). The van der Waals surface area contributed by atoms with Crippen LogP contribution in [0, 0.1) is 0 Å². The summed E-state index contributed by atoms with van der Waals surface area (Å²) < 4.78 is 0. The maximum atomic E-state index is 12.5. The molecule has 0 bridgehead atoms. The van der Waals surface area contributed by atoms with Crippen molar-refractivity contribution in [1.29, 1.82) is 0 Å². The molecule has 1 saturated carbocycles. The van der Waals surface area contributed by atoms with Gasteiger partial charge in [0, 0.05) is 36.3 Å². The van der Waals surface area contributed by atoms with E-state index >= 15 is 0 Å². The van der Waals surface area contributed by atoms with Crippen molar-refractivity contribution in [3.63, 3.8) is 0 Å². The molecule has 1 saturated heterocycles. The second-order valence-electron chi connectivity index (χ2n) is 6.95. The summed E-state index contributed by atoms with van der Waals surface area (Å²) in [5, 5.41) is 11.9. The van der Waals surface area contributed by atoms with E-state index in [-0.39, 0.29) is 30.4 Å². The molecule has 1 aliphatic carbocycles. The number of benzene rings is 1. The zero-order chi connectivity index (χ0) is 18.7. The number of nitrogens with zero attached hydrogens (tertiary/aromatic N) is 2. The molecule has 1 aromatic rings. The van der Waals surface area contributed by atoms with Crippen LogP contribution in [-0.2, 0) is 9.59 Å². The van der Waals surface area contributed by atoms with Crippen LogP contribution in [0.15, 0.2) is 24.3 Å². The summed E-state index contributed by atoms with van der Waals surface area (Å²) >= 11 is 0. The summed E-state index contributed by atoms with van der Waals surface area (Å²) in [6.07, 6.45) is 2.93. The van der Waals surface area contributed by atoms with Gasteiger partial charge in [0.15, 0.2) is 0 Å². The highest BCUT2D eigenvalue weighted by Crippen LogP contribution is 2.26. The van der Waals surface area contributed by atoms with Crippen LogP contribution in [0.2, 0.25) is 0 Å². The molecule has 7 heteroatoms. The van der Waals surface area contributed by atoms with E-state index in [1.54, 1.807) is 23.1 Å². The Morgan fingerprint density at radius 1 is 1.35 bits per heavy atom. The number of carbonyl (C=O) groups is 3. The van der Waals surface area contributed by atoms with Crippen molar-refractivity contribution in [2.75, 3.05) is 24.5 Å². The average molecular weight is 359 g/mol. The second kappa shape index (κ2) is 7.86. The summed E-state index contributed by atoms with van der Waals surface area (Å²) in [7, 11) is 0. The zero-order valence-corrected chi connectivity index (χ0v) is 15.0. The fourth-order valence-electron chi connectivity index (χ4n) is 3.68. The molecule has 0 aromatic heterocycles. The number of hydrogen-bond acceptors (Lipinski definition) is 4. The number of likely N-dealkylation sites (N-methyl/N-ethyl adjacent to an activating group) is 1. The Hall–Kier alpha value is -2.41. The number of nitrogens with one attached hydrogen (secondary N) is 1. The van der Waals surface area contributed by atoms with Crippen LogP contribution < -0.4 is 10.2 Å². The molecular formula is C19H25N3O4. The van der Waals surface area contributed by atoms with E-state index in [0.717, 1.165) is 24.9 Å². The maximum absolute atomic E-state index is 12.5. The van der Waals surface area contributed by atoms with Crippen LogP contribution in [-0.4, -0.2) is 59.5 Å². The first-order valence-electron chi connectivity index (χ1n) is 9.15. The molecule has 2 amide bonds. The lowest BCUT2D eigenvalue weighted by molar-refractivity contribution is -0.139. The van der Waals surface area contributed by atoms with E-state index in [0.29, 0.717) is 25.1 Å². The Kier molecular flexibility index (Phi) is 5.56. The van der Waals surface area contributed by atoms with Crippen LogP contribution in [0.1, 0.15) is 43.0 Å². The normalized spacial score (nSPS) is 22.4. The third-order valence-corrected chi connectivity index (χ3v) is 5.20. The molecular weight excluding hydrogens is 334 g/mol. The van der Waals surface area contributed by atoms with E-state index in [2.05, 4.69) is 5.32 Å². The second-order valence-corrected chi connectivity index (χ2v) is 6.95. The summed E-state index contributed by atoms with van der Waals surface area (Å²) in [4.78, 5) is 38.9. The van der Waals surface area contributed by atoms with Crippen molar-refractivity contribution < 1.29 is 19.5 Å². The smallest absolute Gasteiger partial charge is 0.317 e. The average Bonchev–Trinajstić information content (AvgIpc) is 3.01. The van der Waals surface area contributed by atoms with Gasteiger partial charge in [-0.15, -0.1) is 0 Å². The van der Waals surface area contributed by atoms with Crippen molar-refractivity contribution >= 4 is 23.5 Å². The lowest BCUT2D eigenvalue weighted by Crippen LogP contribution is -2.54. The topological polar surface area (TPSA) is 90.0 Å². The van der Waals surface area contributed by atoms with Crippen LogP contribution in [0.25, 0.3) is 0 Å². The van der Waals surface area contributed by atoms with Gasteiger partial charge in [-0.05, 0) is 44.0 Å². The predicted octanol–water partition coefficient (Wildman–Crippen LogP) is 1.48. The number of amides is 2. The number of carbonyl (C=O) groups excluding carboxylic acids is 2. The lowest BCUT2D eigenvalue weighted by atomic mass is 9.85. The van der Waals surface area contributed by atoms with Crippen molar-refractivity contribution in [1.82, 2.24) is 10.2 Å². The summed E-state index contributed by atoms with van der Waals surface area (Å²) in [5.74, 6) is -0.877. The molecule has 1 aromatic carbocycles. The van der Waals surface area contributed by atoms with Gasteiger partial charge in [0.25, 0.3) is 5.91 Å². The van der Waals surface area contributed by atoms with E-state index in [4.69, 9.17) is 5.11 Å². The fraction of sp³-hybridized carbons (Fsp3) is 0.526. The maximum Gasteiger partial charge on any atom is 0.317 e. The number of hydrogen-bond donors (Lipinski definition) is 2. The summed E-state index contributed by atoms with van der Waals surface area (Å²) in [6, 6.07) is 7.42. The van der Waals surface area contributed by atoms with Gasteiger partial charge in [0.1, 0.15) is 0 Å². The minimum absolute atomic E-state index is 0.0355. The molecule has 0 unspecified atom stereocenters. The highest BCUT2D eigenvalue weighted by atomic mass is 16.4. The number of anilines is 1. The molecule has 3 rings (SSSR count). The number of carboxylic acids is 1. The van der Waals surface area contributed by atoms with E-state index in [9.17, 15) is 14.4 Å². The van der Waals surface area contributed by atoms with E-state index in [1.165, 1.54) is 0 Å². The van der Waals surface area contributed by atoms with Gasteiger partial charge in [0.2, 0.25) is 5.91 Å². The number of rotatable bonds is 7. The van der Waals surface area contributed by atoms with Crippen LogP contribution in [0.3, 0.4) is 0 Å². The van der Waals surface area contributed by atoms with Gasteiger partial charge < -0.3 is 15.3 Å². The molecule has 0 spiro atoms. The molecule has 1 aliphatic heterocycles. The Labute approximate surface area is 153 Å². The van der Waals surface area contributed by atoms with Gasteiger partial charge in [0.05, 0.1) is 6.54 Å². The van der Waals surface area contributed by atoms with Gasteiger partial charge in [-0.2, -0.15) is 0 Å². The number of aliphatic carboxylic acids is 1. The van der Waals surface area contributed by atoms with Crippen molar-refractivity contribution in [2.24, 2.45) is 0 Å². The highest BCUT2D eigenvalue weighted by molar-refractivity contribution is 5.99. The molecule has 0 radical (unpaired) electrons. The Balaban J connectivity index is 1.55. The molecule has 2 fully saturated rings. The first-order chi connectivity index (χ1) is 12.5. The summed E-state index contributed by atoms with van der Waals surface area (Å²) in [6.45, 7) is 3.36. The molecule has 2 aliphatic rings. The third-order valence-electron chi connectivity index (χ3n) is 5.20. The third kappa shape index (κ3) is 4.04. The van der Waals surface area contributed by atoms with Gasteiger partial charge in [-0.1, -0.05) is 13.0 Å². The quantitative estimate of drug-likeness (QED) is 0.770. The summed E-state index contributed by atoms with van der Waals surface area (Å²) in [5.41, 5.74) is 1.31. The first kappa shape index (κ1) is 18.4.